The maximum Gasteiger partial charge on any atom is 0.412 e. The third kappa shape index (κ3) is 4.21. The molecule has 1 atom stereocenters. The van der Waals surface area contributed by atoms with Crippen molar-refractivity contribution < 1.29 is 23.1 Å². The van der Waals surface area contributed by atoms with E-state index in [1.54, 1.807) is 12.3 Å². The van der Waals surface area contributed by atoms with Crippen molar-refractivity contribution in [3.8, 4) is 0 Å². The Labute approximate surface area is 199 Å². The quantitative estimate of drug-likeness (QED) is 0.613. The minimum absolute atomic E-state index is 0.0913. The fourth-order valence-corrected chi connectivity index (χ4v) is 4.40. The van der Waals surface area contributed by atoms with Gasteiger partial charge in [-0.3, -0.25) is 0 Å². The number of aliphatic imine (C=N–C) groups is 1. The van der Waals surface area contributed by atoms with Crippen LogP contribution < -0.4 is 5.32 Å². The molecule has 0 radical (unpaired) electrons. The van der Waals surface area contributed by atoms with Crippen LogP contribution in [0.15, 0.2) is 102 Å². The Morgan fingerprint density at radius 1 is 1.09 bits per heavy atom. The summed E-state index contributed by atoms with van der Waals surface area (Å²) in [6.07, 6.45) is 1.46. The van der Waals surface area contributed by atoms with E-state index < -0.39 is 18.2 Å². The van der Waals surface area contributed by atoms with E-state index in [9.17, 15) is 23.1 Å². The first-order valence-corrected chi connectivity index (χ1v) is 10.9. The maximum atomic E-state index is 14.4. The van der Waals surface area contributed by atoms with Crippen LogP contribution in [0.2, 0.25) is 0 Å². The molecule has 0 saturated carbocycles. The van der Waals surface area contributed by atoms with Gasteiger partial charge in [-0.25, -0.2) is 9.79 Å². The second-order valence-electron chi connectivity index (χ2n) is 8.36. The predicted molar refractivity (Wildman–Crippen MR) is 126 cm³/mol. The summed E-state index contributed by atoms with van der Waals surface area (Å²) >= 11 is 0. The highest BCUT2D eigenvalue weighted by Gasteiger charge is 2.46. The number of halogens is 3. The second-order valence-corrected chi connectivity index (χ2v) is 8.36. The molecule has 0 fully saturated rings. The van der Waals surface area contributed by atoms with Crippen LogP contribution in [0.1, 0.15) is 21.5 Å². The molecule has 9 heteroatoms. The fourth-order valence-electron chi connectivity index (χ4n) is 4.40. The number of alkyl halides is 3. The van der Waals surface area contributed by atoms with Crippen molar-refractivity contribution >= 4 is 17.5 Å². The number of carbonyl (C=O) groups is 1. The van der Waals surface area contributed by atoms with Crippen LogP contribution in [0.25, 0.3) is 0 Å². The van der Waals surface area contributed by atoms with Crippen molar-refractivity contribution in [1.29, 1.82) is 0 Å². The molecule has 3 aliphatic heterocycles. The third-order valence-electron chi connectivity index (χ3n) is 6.08. The van der Waals surface area contributed by atoms with Gasteiger partial charge in [0.1, 0.15) is 11.7 Å². The summed E-state index contributed by atoms with van der Waals surface area (Å²) in [5.74, 6) is -0.713. The molecule has 3 aliphatic rings. The van der Waals surface area contributed by atoms with Crippen molar-refractivity contribution in [1.82, 2.24) is 9.80 Å². The number of nitrogens with zero attached hydrogens (tertiary/aromatic N) is 3. The van der Waals surface area contributed by atoms with E-state index in [1.807, 2.05) is 29.2 Å². The van der Waals surface area contributed by atoms with Crippen molar-refractivity contribution in [3.63, 3.8) is 0 Å². The zero-order valence-electron chi connectivity index (χ0n) is 18.5. The monoisotopic (exact) mass is 478 g/mol. The number of hydrogen-bond acceptors (Lipinski definition) is 5. The first-order chi connectivity index (χ1) is 16.7. The van der Waals surface area contributed by atoms with E-state index in [2.05, 4.69) is 16.9 Å². The van der Waals surface area contributed by atoms with Crippen LogP contribution in [-0.4, -0.2) is 38.9 Å². The molecule has 0 amide bonds. The van der Waals surface area contributed by atoms with E-state index in [1.165, 1.54) is 41.3 Å². The van der Waals surface area contributed by atoms with Crippen LogP contribution in [0.3, 0.4) is 0 Å². The SMILES string of the molecule is C=C1C=C(N2Cc3ccccc3C2)N=C2C([C@H](Nc3ccccc3C(=O)O)C(F)(F)F)=CC=CN12. The number of anilines is 1. The standard InChI is InChI=1S/C26H21F3N4O2/c1-16-13-22(32-14-17-7-2-3-8-18(17)15-32)31-24-20(10-6-12-33(16)24)23(26(27,28)29)30-21-11-5-4-9-19(21)25(34)35/h2-13,23,30H,1,14-15H2,(H,34,35)/t23-/m0/s1. The van der Waals surface area contributed by atoms with Gasteiger partial charge in [-0.05, 0) is 29.3 Å². The van der Waals surface area contributed by atoms with E-state index >= 15 is 0 Å². The molecular weight excluding hydrogens is 457 g/mol. The van der Waals surface area contributed by atoms with Crippen molar-refractivity contribution in [2.75, 3.05) is 5.32 Å². The molecule has 0 aromatic heterocycles. The lowest BCUT2D eigenvalue weighted by Crippen LogP contribution is -2.45. The Morgan fingerprint density at radius 3 is 2.40 bits per heavy atom. The highest BCUT2D eigenvalue weighted by Crippen LogP contribution is 2.36. The van der Waals surface area contributed by atoms with Gasteiger partial charge in [0.15, 0.2) is 6.04 Å². The minimum atomic E-state index is -4.73. The molecule has 0 saturated heterocycles. The second kappa shape index (κ2) is 8.50. The van der Waals surface area contributed by atoms with Crippen LogP contribution in [-0.2, 0) is 13.1 Å². The summed E-state index contributed by atoms with van der Waals surface area (Å²) < 4.78 is 43.1. The summed E-state index contributed by atoms with van der Waals surface area (Å²) in [6, 6.07) is 11.3. The number of hydrogen-bond donors (Lipinski definition) is 2. The van der Waals surface area contributed by atoms with Gasteiger partial charge in [0.2, 0.25) is 0 Å². The summed E-state index contributed by atoms with van der Waals surface area (Å²) in [4.78, 5) is 19.7. The summed E-state index contributed by atoms with van der Waals surface area (Å²) in [6.45, 7) is 5.21. The maximum absolute atomic E-state index is 14.4. The number of nitrogens with one attached hydrogen (secondary N) is 1. The lowest BCUT2D eigenvalue weighted by Gasteiger charge is -2.36. The van der Waals surface area contributed by atoms with E-state index in [-0.39, 0.29) is 22.7 Å². The van der Waals surface area contributed by atoms with E-state index in [0.29, 0.717) is 24.6 Å². The zero-order valence-corrected chi connectivity index (χ0v) is 18.5. The summed E-state index contributed by atoms with van der Waals surface area (Å²) in [5.41, 5.74) is 2.24. The van der Waals surface area contributed by atoms with Crippen LogP contribution in [0.4, 0.5) is 18.9 Å². The molecule has 6 nitrogen and oxygen atoms in total. The van der Waals surface area contributed by atoms with Gasteiger partial charge in [-0.1, -0.05) is 49.1 Å². The molecule has 2 aromatic carbocycles. The molecule has 2 aromatic rings. The van der Waals surface area contributed by atoms with Gasteiger partial charge in [0.05, 0.1) is 5.56 Å². The average Bonchev–Trinajstić information content (AvgIpc) is 3.26. The summed E-state index contributed by atoms with van der Waals surface area (Å²) in [7, 11) is 0. The first-order valence-electron chi connectivity index (χ1n) is 10.9. The Morgan fingerprint density at radius 2 is 1.74 bits per heavy atom. The zero-order chi connectivity index (χ0) is 24.7. The van der Waals surface area contributed by atoms with Gasteiger partial charge in [0.25, 0.3) is 0 Å². The molecule has 35 heavy (non-hydrogen) atoms. The molecule has 0 aliphatic carbocycles. The summed E-state index contributed by atoms with van der Waals surface area (Å²) in [5, 5.41) is 11.8. The molecule has 2 N–H and O–H groups in total. The van der Waals surface area contributed by atoms with Crippen molar-refractivity contribution in [2.24, 2.45) is 4.99 Å². The van der Waals surface area contributed by atoms with Crippen LogP contribution >= 0.6 is 0 Å². The van der Waals surface area contributed by atoms with Gasteiger partial charge >= 0.3 is 12.1 Å². The van der Waals surface area contributed by atoms with Crippen molar-refractivity contribution in [3.05, 3.63) is 113 Å². The van der Waals surface area contributed by atoms with Crippen LogP contribution in [0, 0.1) is 0 Å². The number of para-hydroxylation sites is 1. The molecule has 0 spiro atoms. The molecule has 178 valence electrons. The minimum Gasteiger partial charge on any atom is -0.478 e. The van der Waals surface area contributed by atoms with Gasteiger partial charge in [0, 0.05) is 42.3 Å². The molecular formula is C26H21F3N4O2. The lowest BCUT2D eigenvalue weighted by atomic mass is 9.99. The number of amidine groups is 1. The normalized spacial score (nSPS) is 17.8. The van der Waals surface area contributed by atoms with E-state index in [0.717, 1.165) is 11.1 Å². The van der Waals surface area contributed by atoms with Crippen LogP contribution in [0.5, 0.6) is 0 Å². The number of benzene rings is 2. The molecule has 3 heterocycles. The number of rotatable bonds is 5. The first kappa shape index (κ1) is 22.5. The number of allylic oxidation sites excluding steroid dienone is 3. The lowest BCUT2D eigenvalue weighted by molar-refractivity contribution is -0.133. The number of aromatic carboxylic acids is 1. The molecule has 0 bridgehead atoms. The largest absolute Gasteiger partial charge is 0.478 e. The highest BCUT2D eigenvalue weighted by atomic mass is 19.4. The Hall–Kier alpha value is -4.27. The smallest absolute Gasteiger partial charge is 0.412 e. The van der Waals surface area contributed by atoms with Gasteiger partial charge in [-0.2, -0.15) is 13.2 Å². The Balaban J connectivity index is 1.51. The third-order valence-corrected chi connectivity index (χ3v) is 6.08. The average molecular weight is 478 g/mol. The number of carboxylic acid groups (broad SMARTS) is 1. The highest BCUT2D eigenvalue weighted by molar-refractivity contribution is 6.04. The Kier molecular flexibility index (Phi) is 5.47. The Bertz CT molecular complexity index is 1320. The van der Waals surface area contributed by atoms with Gasteiger partial charge in [-0.15, -0.1) is 0 Å². The number of carboxylic acids is 1. The molecule has 5 rings (SSSR count). The van der Waals surface area contributed by atoms with E-state index in [4.69, 9.17) is 0 Å². The predicted octanol–water partition coefficient (Wildman–Crippen LogP) is 5.27. The topological polar surface area (TPSA) is 68.2 Å². The van der Waals surface area contributed by atoms with Gasteiger partial charge < -0.3 is 20.2 Å². The molecule has 0 unspecified atom stereocenters. The number of fused-ring (bicyclic) bond motifs is 2. The van der Waals surface area contributed by atoms with Crippen molar-refractivity contribution in [2.45, 2.75) is 25.3 Å². The fraction of sp³-hybridized carbons (Fsp3) is 0.154.